The molecule has 0 radical (unpaired) electrons. The number of rotatable bonds is 6. The number of hydrogen-bond donors (Lipinski definition) is 2. The summed E-state index contributed by atoms with van der Waals surface area (Å²) in [6.45, 7) is 3.86. The molecule has 1 saturated carbocycles. The highest BCUT2D eigenvalue weighted by Gasteiger charge is 2.14. The van der Waals surface area contributed by atoms with E-state index in [1.54, 1.807) is 0 Å². The van der Waals surface area contributed by atoms with Crippen LogP contribution in [0, 0.1) is 5.92 Å². The number of halogens is 1. The summed E-state index contributed by atoms with van der Waals surface area (Å²) in [6, 6.07) is 0. The molecule has 0 unspecified atom stereocenters. The highest BCUT2D eigenvalue weighted by molar-refractivity contribution is 6.28. The predicted molar refractivity (Wildman–Crippen MR) is 78.7 cm³/mol. The molecule has 1 aliphatic carbocycles. The van der Waals surface area contributed by atoms with E-state index in [-0.39, 0.29) is 5.28 Å². The molecule has 1 aliphatic rings. The summed E-state index contributed by atoms with van der Waals surface area (Å²) < 4.78 is 0. The zero-order chi connectivity index (χ0) is 13.5. The monoisotopic (exact) mass is 283 g/mol. The lowest BCUT2D eigenvalue weighted by molar-refractivity contribution is 0.373. The first-order valence-electron chi connectivity index (χ1n) is 7.17. The van der Waals surface area contributed by atoms with E-state index in [1.165, 1.54) is 32.1 Å². The summed E-state index contributed by atoms with van der Waals surface area (Å²) >= 11 is 5.91. The molecular formula is C13H22ClN5. The lowest BCUT2D eigenvalue weighted by Gasteiger charge is -2.21. The lowest BCUT2D eigenvalue weighted by atomic mass is 9.89. The number of hydrogen-bond acceptors (Lipinski definition) is 5. The Morgan fingerprint density at radius 2 is 1.74 bits per heavy atom. The van der Waals surface area contributed by atoms with E-state index in [0.29, 0.717) is 11.9 Å². The van der Waals surface area contributed by atoms with Crippen LogP contribution in [0.15, 0.2) is 0 Å². The van der Waals surface area contributed by atoms with Gasteiger partial charge in [0, 0.05) is 13.1 Å². The molecule has 1 heterocycles. The fraction of sp³-hybridized carbons (Fsp3) is 0.769. The first kappa shape index (κ1) is 14.3. The van der Waals surface area contributed by atoms with Crippen molar-refractivity contribution in [3.05, 3.63) is 5.28 Å². The standard InChI is InChI=1S/C13H22ClN5/c1-2-8-15-12-17-11(14)18-13(19-12)16-9-10-6-4-3-5-7-10/h10H,2-9H2,1H3,(H2,15,16,17,18,19). The van der Waals surface area contributed by atoms with Crippen molar-refractivity contribution in [3.63, 3.8) is 0 Å². The fourth-order valence-corrected chi connectivity index (χ4v) is 2.53. The van der Waals surface area contributed by atoms with Crippen LogP contribution in [0.4, 0.5) is 11.9 Å². The van der Waals surface area contributed by atoms with Crippen molar-refractivity contribution < 1.29 is 0 Å². The van der Waals surface area contributed by atoms with Crippen molar-refractivity contribution in [3.8, 4) is 0 Å². The average Bonchev–Trinajstić information content (AvgIpc) is 2.43. The zero-order valence-corrected chi connectivity index (χ0v) is 12.2. The predicted octanol–water partition coefficient (Wildman–Crippen LogP) is 3.34. The molecule has 0 atom stereocenters. The van der Waals surface area contributed by atoms with Crippen molar-refractivity contribution in [1.29, 1.82) is 0 Å². The molecule has 19 heavy (non-hydrogen) atoms. The maximum absolute atomic E-state index is 5.91. The van der Waals surface area contributed by atoms with Gasteiger partial charge in [-0.2, -0.15) is 15.0 Å². The third-order valence-electron chi connectivity index (χ3n) is 3.41. The van der Waals surface area contributed by atoms with Crippen molar-refractivity contribution in [1.82, 2.24) is 15.0 Å². The van der Waals surface area contributed by atoms with Crippen LogP contribution in [0.5, 0.6) is 0 Å². The number of nitrogens with zero attached hydrogens (tertiary/aromatic N) is 3. The van der Waals surface area contributed by atoms with Gasteiger partial charge >= 0.3 is 0 Å². The second kappa shape index (κ2) is 7.48. The summed E-state index contributed by atoms with van der Waals surface area (Å²) in [4.78, 5) is 12.5. The molecule has 0 bridgehead atoms. The lowest BCUT2D eigenvalue weighted by Crippen LogP contribution is -2.19. The van der Waals surface area contributed by atoms with Crippen LogP contribution in [0.3, 0.4) is 0 Å². The quantitative estimate of drug-likeness (QED) is 0.838. The fourth-order valence-electron chi connectivity index (χ4n) is 2.37. The SMILES string of the molecule is CCCNc1nc(Cl)nc(NCC2CCCCC2)n1. The van der Waals surface area contributed by atoms with Gasteiger partial charge < -0.3 is 10.6 Å². The molecule has 1 aromatic heterocycles. The van der Waals surface area contributed by atoms with E-state index >= 15 is 0 Å². The summed E-state index contributed by atoms with van der Waals surface area (Å²) in [7, 11) is 0. The van der Waals surface area contributed by atoms with Crippen LogP contribution in [-0.4, -0.2) is 28.0 Å². The first-order chi connectivity index (χ1) is 9.28. The molecule has 1 aromatic rings. The molecule has 0 spiro atoms. The van der Waals surface area contributed by atoms with Crippen molar-refractivity contribution in [2.45, 2.75) is 45.4 Å². The third kappa shape index (κ3) is 4.82. The van der Waals surface area contributed by atoms with E-state index in [2.05, 4.69) is 32.5 Å². The van der Waals surface area contributed by atoms with E-state index in [9.17, 15) is 0 Å². The summed E-state index contributed by atoms with van der Waals surface area (Å²) in [5, 5.41) is 6.65. The van der Waals surface area contributed by atoms with Gasteiger partial charge in [-0.15, -0.1) is 0 Å². The number of nitrogens with one attached hydrogen (secondary N) is 2. The Kier molecular flexibility index (Phi) is 5.63. The van der Waals surface area contributed by atoms with Gasteiger partial charge in [0.15, 0.2) is 0 Å². The second-order valence-electron chi connectivity index (χ2n) is 5.06. The molecule has 0 aromatic carbocycles. The summed E-state index contributed by atoms with van der Waals surface area (Å²) in [5.74, 6) is 1.86. The normalized spacial score (nSPS) is 16.3. The minimum absolute atomic E-state index is 0.236. The van der Waals surface area contributed by atoms with Crippen LogP contribution in [0.1, 0.15) is 45.4 Å². The van der Waals surface area contributed by atoms with E-state index in [4.69, 9.17) is 11.6 Å². The van der Waals surface area contributed by atoms with Gasteiger partial charge in [-0.25, -0.2) is 0 Å². The molecule has 1 fully saturated rings. The molecule has 0 amide bonds. The minimum Gasteiger partial charge on any atom is -0.354 e. The maximum Gasteiger partial charge on any atom is 0.228 e. The highest BCUT2D eigenvalue weighted by atomic mass is 35.5. The van der Waals surface area contributed by atoms with Gasteiger partial charge in [-0.05, 0) is 36.8 Å². The molecule has 2 N–H and O–H groups in total. The molecule has 0 aliphatic heterocycles. The first-order valence-corrected chi connectivity index (χ1v) is 7.55. The highest BCUT2D eigenvalue weighted by Crippen LogP contribution is 2.23. The average molecular weight is 284 g/mol. The van der Waals surface area contributed by atoms with Gasteiger partial charge in [0.1, 0.15) is 0 Å². The van der Waals surface area contributed by atoms with Crippen molar-refractivity contribution in [2.24, 2.45) is 5.92 Å². The van der Waals surface area contributed by atoms with E-state index < -0.39 is 0 Å². The topological polar surface area (TPSA) is 62.7 Å². The molecule has 2 rings (SSSR count). The Labute approximate surface area is 119 Å². The van der Waals surface area contributed by atoms with Crippen LogP contribution in [0.2, 0.25) is 5.28 Å². The number of aromatic nitrogens is 3. The van der Waals surface area contributed by atoms with Crippen LogP contribution >= 0.6 is 11.6 Å². The number of anilines is 2. The molecule has 6 heteroatoms. The Morgan fingerprint density at radius 1 is 1.05 bits per heavy atom. The van der Waals surface area contributed by atoms with Crippen LogP contribution < -0.4 is 10.6 Å². The van der Waals surface area contributed by atoms with Crippen molar-refractivity contribution >= 4 is 23.5 Å². The van der Waals surface area contributed by atoms with Crippen LogP contribution in [0.25, 0.3) is 0 Å². The van der Waals surface area contributed by atoms with Gasteiger partial charge in [-0.3, -0.25) is 0 Å². The molecule has 5 nitrogen and oxygen atoms in total. The Balaban J connectivity index is 1.89. The summed E-state index contributed by atoms with van der Waals surface area (Å²) in [5.41, 5.74) is 0. The molecular weight excluding hydrogens is 262 g/mol. The largest absolute Gasteiger partial charge is 0.354 e. The Bertz CT molecular complexity index is 393. The van der Waals surface area contributed by atoms with E-state index in [1.807, 2.05) is 0 Å². The third-order valence-corrected chi connectivity index (χ3v) is 3.58. The van der Waals surface area contributed by atoms with Gasteiger partial charge in [-0.1, -0.05) is 26.2 Å². The maximum atomic E-state index is 5.91. The zero-order valence-electron chi connectivity index (χ0n) is 11.5. The van der Waals surface area contributed by atoms with E-state index in [0.717, 1.165) is 25.4 Å². The Morgan fingerprint density at radius 3 is 2.42 bits per heavy atom. The smallest absolute Gasteiger partial charge is 0.228 e. The summed E-state index contributed by atoms with van der Waals surface area (Å²) in [6.07, 6.45) is 7.67. The molecule has 0 saturated heterocycles. The second-order valence-corrected chi connectivity index (χ2v) is 5.40. The molecule has 106 valence electrons. The Hall–Kier alpha value is -1.10. The van der Waals surface area contributed by atoms with Crippen molar-refractivity contribution in [2.75, 3.05) is 23.7 Å². The van der Waals surface area contributed by atoms with Gasteiger partial charge in [0.25, 0.3) is 0 Å². The van der Waals surface area contributed by atoms with Crippen LogP contribution in [-0.2, 0) is 0 Å². The minimum atomic E-state index is 0.236. The van der Waals surface area contributed by atoms with Gasteiger partial charge in [0.05, 0.1) is 0 Å². The van der Waals surface area contributed by atoms with Gasteiger partial charge in [0.2, 0.25) is 17.2 Å².